The third kappa shape index (κ3) is 4.59. The van der Waals surface area contributed by atoms with Crippen molar-refractivity contribution in [3.05, 3.63) is 120 Å². The SMILES string of the molecule is C=C(c1ccccc1)c1c(Cc2ccccc2)cc2ccccc2c1S(=O)(=O)[O-].[Na+]. The maximum atomic E-state index is 12.4. The Labute approximate surface area is 199 Å². The van der Waals surface area contributed by atoms with Crippen molar-refractivity contribution in [1.82, 2.24) is 0 Å². The molecular weight excluding hydrogens is 403 g/mol. The molecule has 5 heteroatoms. The fourth-order valence-corrected chi connectivity index (χ4v) is 4.66. The summed E-state index contributed by atoms with van der Waals surface area (Å²) in [6, 6.07) is 28.1. The van der Waals surface area contributed by atoms with Crippen LogP contribution in [0.5, 0.6) is 0 Å². The van der Waals surface area contributed by atoms with Gasteiger partial charge in [-0.2, -0.15) is 0 Å². The minimum atomic E-state index is -4.74. The van der Waals surface area contributed by atoms with Gasteiger partial charge in [-0.1, -0.05) is 97.6 Å². The Hall–Kier alpha value is -2.21. The molecule has 3 nitrogen and oxygen atoms in total. The van der Waals surface area contributed by atoms with Gasteiger partial charge in [0.1, 0.15) is 10.1 Å². The van der Waals surface area contributed by atoms with Crippen LogP contribution >= 0.6 is 0 Å². The number of benzene rings is 4. The van der Waals surface area contributed by atoms with E-state index in [2.05, 4.69) is 6.58 Å². The van der Waals surface area contributed by atoms with Gasteiger partial charge in [0.15, 0.2) is 0 Å². The molecule has 0 saturated heterocycles. The van der Waals surface area contributed by atoms with Crippen molar-refractivity contribution in [1.29, 1.82) is 0 Å². The normalized spacial score (nSPS) is 11.1. The third-order valence-corrected chi connectivity index (χ3v) is 5.92. The molecule has 0 fully saturated rings. The first-order valence-electron chi connectivity index (χ1n) is 9.24. The van der Waals surface area contributed by atoms with Crippen LogP contribution in [-0.2, 0) is 16.5 Å². The first-order chi connectivity index (χ1) is 13.9. The maximum absolute atomic E-state index is 12.4. The number of hydrogen-bond acceptors (Lipinski definition) is 3. The van der Waals surface area contributed by atoms with Crippen LogP contribution < -0.4 is 29.6 Å². The van der Waals surface area contributed by atoms with Gasteiger partial charge in [-0.3, -0.25) is 0 Å². The van der Waals surface area contributed by atoms with Crippen LogP contribution in [0.25, 0.3) is 16.3 Å². The number of hydrogen-bond donors (Lipinski definition) is 0. The summed E-state index contributed by atoms with van der Waals surface area (Å²) in [4.78, 5) is -0.199. The second-order valence-electron chi connectivity index (χ2n) is 6.92. The van der Waals surface area contributed by atoms with Gasteiger partial charge in [0, 0.05) is 5.56 Å². The van der Waals surface area contributed by atoms with Gasteiger partial charge < -0.3 is 4.55 Å². The van der Waals surface area contributed by atoms with Crippen LogP contribution in [0.2, 0.25) is 0 Å². The molecule has 4 rings (SSSR count). The molecule has 0 aliphatic carbocycles. The van der Waals surface area contributed by atoms with Gasteiger partial charge in [0.05, 0.1) is 4.90 Å². The third-order valence-electron chi connectivity index (χ3n) is 4.99. The van der Waals surface area contributed by atoms with Gasteiger partial charge in [0.2, 0.25) is 0 Å². The molecule has 0 N–H and O–H groups in total. The minimum Gasteiger partial charge on any atom is -0.744 e. The van der Waals surface area contributed by atoms with E-state index in [1.807, 2.05) is 78.9 Å². The van der Waals surface area contributed by atoms with E-state index in [1.54, 1.807) is 12.1 Å². The second-order valence-corrected chi connectivity index (χ2v) is 8.24. The molecule has 0 atom stereocenters. The second kappa shape index (κ2) is 9.29. The molecule has 0 heterocycles. The predicted molar refractivity (Wildman–Crippen MR) is 116 cm³/mol. The molecule has 0 aliphatic heterocycles. The Balaban J connectivity index is 0.00000256. The molecule has 0 aliphatic rings. The summed E-state index contributed by atoms with van der Waals surface area (Å²) in [5.74, 6) is 0. The van der Waals surface area contributed by atoms with E-state index >= 15 is 0 Å². The van der Waals surface area contributed by atoms with Gasteiger partial charge in [0.25, 0.3) is 0 Å². The molecule has 30 heavy (non-hydrogen) atoms. The van der Waals surface area contributed by atoms with Crippen molar-refractivity contribution in [3.63, 3.8) is 0 Å². The van der Waals surface area contributed by atoms with Gasteiger partial charge in [-0.05, 0) is 39.5 Å². The molecule has 0 aromatic heterocycles. The van der Waals surface area contributed by atoms with E-state index in [4.69, 9.17) is 0 Å². The topological polar surface area (TPSA) is 57.2 Å². The Morgan fingerprint density at radius 1 is 0.833 bits per heavy atom. The summed E-state index contributed by atoms with van der Waals surface area (Å²) >= 11 is 0. The van der Waals surface area contributed by atoms with Gasteiger partial charge in [-0.25, -0.2) is 8.42 Å². The molecule has 4 aromatic carbocycles. The van der Waals surface area contributed by atoms with Crippen LogP contribution in [0, 0.1) is 0 Å². The van der Waals surface area contributed by atoms with Crippen molar-refractivity contribution < 1.29 is 42.5 Å². The number of rotatable bonds is 5. The molecule has 0 amide bonds. The Kier molecular flexibility index (Phi) is 6.96. The van der Waals surface area contributed by atoms with E-state index < -0.39 is 10.1 Å². The van der Waals surface area contributed by atoms with Crippen molar-refractivity contribution in [2.45, 2.75) is 11.3 Å². The standard InChI is InChI=1S/C25H20O3S.Na/c1-18(20-12-6-3-7-13-20)24-22(16-19-10-4-2-5-11-19)17-21-14-8-9-15-23(21)25(24)29(26,27)28;/h2-15,17H,1,16H2,(H,26,27,28);/q;+1/p-1. The largest absolute Gasteiger partial charge is 1.00 e. The summed E-state index contributed by atoms with van der Waals surface area (Å²) in [5, 5.41) is 1.14. The van der Waals surface area contributed by atoms with Gasteiger partial charge >= 0.3 is 29.6 Å². The van der Waals surface area contributed by atoms with E-state index in [0.717, 1.165) is 22.1 Å². The Bertz CT molecular complexity index is 1300. The first kappa shape index (κ1) is 22.5. The van der Waals surface area contributed by atoms with Gasteiger partial charge in [-0.15, -0.1) is 0 Å². The maximum Gasteiger partial charge on any atom is 1.00 e. The summed E-state index contributed by atoms with van der Waals surface area (Å²) in [6.45, 7) is 4.18. The molecule has 0 saturated carbocycles. The monoisotopic (exact) mass is 422 g/mol. The van der Waals surface area contributed by atoms with E-state index in [1.165, 1.54) is 0 Å². The first-order valence-corrected chi connectivity index (χ1v) is 10.6. The van der Waals surface area contributed by atoms with Crippen molar-refractivity contribution in [2.24, 2.45) is 0 Å². The Morgan fingerprint density at radius 3 is 2.03 bits per heavy atom. The summed E-state index contributed by atoms with van der Waals surface area (Å²) in [7, 11) is -4.74. The molecule has 0 radical (unpaired) electrons. The summed E-state index contributed by atoms with van der Waals surface area (Å²) < 4.78 is 37.2. The molecule has 0 bridgehead atoms. The van der Waals surface area contributed by atoms with Crippen LogP contribution in [0.4, 0.5) is 0 Å². The fraction of sp³-hybridized carbons (Fsp3) is 0.0400. The average molecular weight is 422 g/mol. The molecule has 144 valence electrons. The zero-order chi connectivity index (χ0) is 20.4. The number of fused-ring (bicyclic) bond motifs is 1. The molecule has 0 spiro atoms. The van der Waals surface area contributed by atoms with Crippen LogP contribution in [0.15, 0.2) is 102 Å². The van der Waals surface area contributed by atoms with E-state index in [-0.39, 0.29) is 34.5 Å². The fourth-order valence-electron chi connectivity index (χ4n) is 3.70. The Morgan fingerprint density at radius 2 is 1.40 bits per heavy atom. The summed E-state index contributed by atoms with van der Waals surface area (Å²) in [5.41, 5.74) is 3.49. The summed E-state index contributed by atoms with van der Waals surface area (Å²) in [6.07, 6.45) is 0.495. The van der Waals surface area contributed by atoms with Crippen molar-refractivity contribution >= 4 is 26.5 Å². The average Bonchev–Trinajstić information content (AvgIpc) is 2.73. The minimum absolute atomic E-state index is 0. The van der Waals surface area contributed by atoms with Crippen LogP contribution in [0.1, 0.15) is 22.3 Å². The van der Waals surface area contributed by atoms with Crippen molar-refractivity contribution in [3.8, 4) is 0 Å². The zero-order valence-electron chi connectivity index (χ0n) is 16.7. The zero-order valence-corrected chi connectivity index (χ0v) is 19.5. The quantitative estimate of drug-likeness (QED) is 0.367. The van der Waals surface area contributed by atoms with Crippen molar-refractivity contribution in [2.75, 3.05) is 0 Å². The molecular formula is C25H19NaO3S. The van der Waals surface area contributed by atoms with E-state index in [0.29, 0.717) is 22.9 Å². The predicted octanol–water partition coefficient (Wildman–Crippen LogP) is 2.40. The molecule has 4 aromatic rings. The van der Waals surface area contributed by atoms with Crippen LogP contribution in [-0.4, -0.2) is 13.0 Å². The van der Waals surface area contributed by atoms with E-state index in [9.17, 15) is 13.0 Å². The molecule has 0 unspecified atom stereocenters. The van der Waals surface area contributed by atoms with Crippen LogP contribution in [0.3, 0.4) is 0 Å². The smallest absolute Gasteiger partial charge is 0.744 e.